The molecule has 3 heterocycles. The fraction of sp³-hybridized carbons (Fsp3) is 0.500. The molecule has 2 aromatic heterocycles. The Bertz CT molecular complexity index is 530. The summed E-state index contributed by atoms with van der Waals surface area (Å²) < 4.78 is 2.39. The molecule has 3 heteroatoms. The highest BCUT2D eigenvalue weighted by molar-refractivity contribution is 7.10. The largest absolute Gasteiger partial charge is 0.322 e. The van der Waals surface area contributed by atoms with E-state index in [0.29, 0.717) is 11.5 Å². The van der Waals surface area contributed by atoms with Crippen LogP contribution in [-0.4, -0.2) is 9.55 Å². The summed E-state index contributed by atoms with van der Waals surface area (Å²) in [5.41, 5.74) is 3.28. The number of fused-ring (bicyclic) bond motifs is 3. The zero-order valence-electron chi connectivity index (χ0n) is 10.2. The second-order valence-corrected chi connectivity index (χ2v) is 7.11. The van der Waals surface area contributed by atoms with Gasteiger partial charge in [0.2, 0.25) is 0 Å². The van der Waals surface area contributed by atoms with Gasteiger partial charge in [0, 0.05) is 10.4 Å². The maximum absolute atomic E-state index is 4.32. The van der Waals surface area contributed by atoms with Gasteiger partial charge in [-0.05, 0) is 35.6 Å². The molecule has 0 spiro atoms. The Morgan fingerprint density at radius 2 is 2.24 bits per heavy atom. The molecule has 2 nitrogen and oxygen atoms in total. The van der Waals surface area contributed by atoms with Crippen LogP contribution in [0.2, 0.25) is 0 Å². The number of nitrogens with zero attached hydrogens (tertiary/aromatic N) is 2. The van der Waals surface area contributed by atoms with Crippen LogP contribution in [0.15, 0.2) is 24.0 Å². The minimum atomic E-state index is 0.547. The molecule has 1 fully saturated rings. The summed E-state index contributed by atoms with van der Waals surface area (Å²) in [7, 11) is 0. The fourth-order valence-corrected chi connectivity index (χ4v) is 4.74. The zero-order chi connectivity index (χ0) is 11.6. The van der Waals surface area contributed by atoms with Gasteiger partial charge >= 0.3 is 0 Å². The van der Waals surface area contributed by atoms with E-state index in [-0.39, 0.29) is 0 Å². The van der Waals surface area contributed by atoms with Crippen LogP contribution in [-0.2, 0) is 0 Å². The molecule has 0 radical (unpaired) electrons. The van der Waals surface area contributed by atoms with Crippen LogP contribution in [0.1, 0.15) is 37.6 Å². The van der Waals surface area contributed by atoms with Crippen LogP contribution < -0.4 is 0 Å². The molecule has 2 aromatic rings. The average molecular weight is 244 g/mol. The quantitative estimate of drug-likeness (QED) is 0.742. The van der Waals surface area contributed by atoms with E-state index >= 15 is 0 Å². The monoisotopic (exact) mass is 244 g/mol. The summed E-state index contributed by atoms with van der Waals surface area (Å²) in [5.74, 6) is 0.804. The third-order valence-electron chi connectivity index (χ3n) is 4.28. The van der Waals surface area contributed by atoms with Crippen molar-refractivity contribution in [1.82, 2.24) is 9.55 Å². The number of rotatable bonds is 1. The summed E-state index contributed by atoms with van der Waals surface area (Å²) in [6.07, 6.45) is 6.70. The van der Waals surface area contributed by atoms with Gasteiger partial charge in [0.25, 0.3) is 0 Å². The summed E-state index contributed by atoms with van der Waals surface area (Å²) in [6, 6.07) is 2.81. The average Bonchev–Trinajstić information content (AvgIpc) is 2.82. The summed E-state index contributed by atoms with van der Waals surface area (Å²) in [6.45, 7) is 4.76. The molecule has 1 saturated carbocycles. The van der Waals surface area contributed by atoms with Gasteiger partial charge in [-0.2, -0.15) is 0 Å². The first kappa shape index (κ1) is 9.89. The molecular formula is C14H16N2S. The molecule has 88 valence electrons. The van der Waals surface area contributed by atoms with Crippen molar-refractivity contribution in [3.8, 4) is 11.3 Å². The maximum Gasteiger partial charge on any atom is 0.0957 e. The summed E-state index contributed by atoms with van der Waals surface area (Å²) >= 11 is 1.91. The molecule has 1 unspecified atom stereocenters. The fourth-order valence-electron chi connectivity index (χ4n) is 3.65. The lowest BCUT2D eigenvalue weighted by molar-refractivity contribution is 0.0690. The third kappa shape index (κ3) is 1.23. The summed E-state index contributed by atoms with van der Waals surface area (Å²) in [5, 5.41) is 2.22. The first-order valence-electron chi connectivity index (χ1n) is 6.25. The van der Waals surface area contributed by atoms with Crippen molar-refractivity contribution in [3.05, 3.63) is 28.8 Å². The Labute approximate surface area is 105 Å². The lowest BCUT2D eigenvalue weighted by atomic mass is 9.62. The Morgan fingerprint density at radius 3 is 3.00 bits per heavy atom. The lowest BCUT2D eigenvalue weighted by Crippen LogP contribution is -2.36. The van der Waals surface area contributed by atoms with Crippen LogP contribution in [0.3, 0.4) is 0 Å². The molecule has 1 aliphatic carbocycles. The zero-order valence-corrected chi connectivity index (χ0v) is 11.0. The van der Waals surface area contributed by atoms with Crippen LogP contribution in [0.5, 0.6) is 0 Å². The predicted molar refractivity (Wildman–Crippen MR) is 70.2 cm³/mol. The smallest absolute Gasteiger partial charge is 0.0957 e. The van der Waals surface area contributed by atoms with Gasteiger partial charge in [0.1, 0.15) is 0 Å². The molecule has 4 rings (SSSR count). The molecule has 1 atom stereocenters. The van der Waals surface area contributed by atoms with Gasteiger partial charge in [0.15, 0.2) is 0 Å². The highest BCUT2D eigenvalue weighted by Crippen LogP contribution is 2.56. The molecular weight excluding hydrogens is 228 g/mol. The molecule has 0 N–H and O–H groups in total. The standard InChI is InChI=1S/C14H16N2S/c1-14(2)5-9(6-14)12-13-10(3-4-17-13)11-7-15-8-16(11)12/h3-4,7-9,12H,5-6H2,1-2H3. The Morgan fingerprint density at radius 1 is 1.41 bits per heavy atom. The normalized spacial score (nSPS) is 25.4. The second kappa shape index (κ2) is 3.02. The van der Waals surface area contributed by atoms with E-state index in [1.54, 1.807) is 4.88 Å². The summed E-state index contributed by atoms with van der Waals surface area (Å²) in [4.78, 5) is 5.88. The Kier molecular flexibility index (Phi) is 1.76. The van der Waals surface area contributed by atoms with Crippen molar-refractivity contribution in [2.75, 3.05) is 0 Å². The second-order valence-electron chi connectivity index (χ2n) is 6.16. The van der Waals surface area contributed by atoms with E-state index in [1.165, 1.54) is 24.1 Å². The maximum atomic E-state index is 4.32. The minimum absolute atomic E-state index is 0.547. The van der Waals surface area contributed by atoms with Gasteiger partial charge in [-0.1, -0.05) is 13.8 Å². The Balaban J connectivity index is 1.78. The van der Waals surface area contributed by atoms with E-state index in [9.17, 15) is 0 Å². The predicted octanol–water partition coefficient (Wildman–Crippen LogP) is 3.95. The van der Waals surface area contributed by atoms with Gasteiger partial charge in [-0.15, -0.1) is 11.3 Å². The Hall–Kier alpha value is -1.09. The molecule has 0 bridgehead atoms. The van der Waals surface area contributed by atoms with Crippen molar-refractivity contribution in [3.63, 3.8) is 0 Å². The van der Waals surface area contributed by atoms with Crippen molar-refractivity contribution >= 4 is 11.3 Å². The number of hydrogen-bond acceptors (Lipinski definition) is 2. The van der Waals surface area contributed by atoms with Crippen molar-refractivity contribution < 1.29 is 0 Å². The van der Waals surface area contributed by atoms with E-state index < -0.39 is 0 Å². The van der Waals surface area contributed by atoms with Crippen LogP contribution in [0, 0.1) is 11.3 Å². The topological polar surface area (TPSA) is 17.8 Å². The van der Waals surface area contributed by atoms with Crippen LogP contribution in [0.25, 0.3) is 11.3 Å². The van der Waals surface area contributed by atoms with Gasteiger partial charge in [0.05, 0.1) is 24.3 Å². The SMILES string of the molecule is CC1(C)CC(C2c3sccc3-c3cncn32)C1. The van der Waals surface area contributed by atoms with E-state index in [1.807, 2.05) is 23.9 Å². The third-order valence-corrected chi connectivity index (χ3v) is 5.27. The first-order valence-corrected chi connectivity index (χ1v) is 7.13. The highest BCUT2D eigenvalue weighted by Gasteiger charge is 2.45. The molecule has 1 aliphatic heterocycles. The van der Waals surface area contributed by atoms with Gasteiger partial charge < -0.3 is 4.57 Å². The van der Waals surface area contributed by atoms with Crippen molar-refractivity contribution in [2.24, 2.45) is 11.3 Å². The van der Waals surface area contributed by atoms with E-state index in [4.69, 9.17) is 0 Å². The van der Waals surface area contributed by atoms with E-state index in [0.717, 1.165) is 5.92 Å². The molecule has 2 aliphatic rings. The van der Waals surface area contributed by atoms with E-state index in [2.05, 4.69) is 34.8 Å². The number of imidazole rings is 1. The highest BCUT2D eigenvalue weighted by atomic mass is 32.1. The van der Waals surface area contributed by atoms with Gasteiger partial charge in [-0.25, -0.2) is 4.98 Å². The van der Waals surface area contributed by atoms with Crippen LogP contribution >= 0.6 is 11.3 Å². The number of hydrogen-bond donors (Lipinski definition) is 0. The molecule has 0 saturated heterocycles. The number of aromatic nitrogens is 2. The number of thiophene rings is 1. The molecule has 17 heavy (non-hydrogen) atoms. The minimum Gasteiger partial charge on any atom is -0.322 e. The molecule has 0 aromatic carbocycles. The molecule has 0 amide bonds. The lowest BCUT2D eigenvalue weighted by Gasteiger charge is -2.45. The first-order chi connectivity index (χ1) is 8.16. The van der Waals surface area contributed by atoms with Gasteiger partial charge in [-0.3, -0.25) is 0 Å². The van der Waals surface area contributed by atoms with Crippen molar-refractivity contribution in [2.45, 2.75) is 32.7 Å². The van der Waals surface area contributed by atoms with Crippen molar-refractivity contribution in [1.29, 1.82) is 0 Å². The van der Waals surface area contributed by atoms with Crippen LogP contribution in [0.4, 0.5) is 0 Å².